The Morgan fingerprint density at radius 3 is 2.50 bits per heavy atom. The second-order valence-electron chi connectivity index (χ2n) is 5.65. The number of nitrogens with two attached hydrogens (primary N) is 1. The molecule has 24 heavy (non-hydrogen) atoms. The van der Waals surface area contributed by atoms with Gasteiger partial charge in [-0.1, -0.05) is 30.3 Å². The van der Waals surface area contributed by atoms with Crippen molar-refractivity contribution >= 4 is 11.6 Å². The smallest absolute Gasteiger partial charge is 0.399 e. The Morgan fingerprint density at radius 1 is 1.12 bits per heavy atom. The number of nitrogens with zero attached hydrogens (tertiary/aromatic N) is 1. The van der Waals surface area contributed by atoms with E-state index in [-0.39, 0.29) is 18.9 Å². The van der Waals surface area contributed by atoms with Crippen molar-refractivity contribution in [1.29, 1.82) is 0 Å². The minimum Gasteiger partial charge on any atom is -0.399 e. The lowest BCUT2D eigenvalue weighted by atomic mass is 10.1. The van der Waals surface area contributed by atoms with Crippen LogP contribution in [0.3, 0.4) is 0 Å². The predicted octanol–water partition coefficient (Wildman–Crippen LogP) is 3.88. The molecule has 2 rings (SSSR count). The van der Waals surface area contributed by atoms with E-state index >= 15 is 0 Å². The molecule has 0 aliphatic heterocycles. The van der Waals surface area contributed by atoms with Crippen molar-refractivity contribution in [3.63, 3.8) is 0 Å². The van der Waals surface area contributed by atoms with Gasteiger partial charge in [0.1, 0.15) is 0 Å². The van der Waals surface area contributed by atoms with Gasteiger partial charge in [0.25, 0.3) is 0 Å². The zero-order valence-electron chi connectivity index (χ0n) is 13.3. The second kappa shape index (κ2) is 7.38. The van der Waals surface area contributed by atoms with Gasteiger partial charge in [-0.25, -0.2) is 0 Å². The van der Waals surface area contributed by atoms with Crippen LogP contribution >= 0.6 is 0 Å². The van der Waals surface area contributed by atoms with E-state index in [1.54, 1.807) is 19.2 Å². The van der Waals surface area contributed by atoms with E-state index in [2.05, 4.69) is 0 Å². The lowest BCUT2D eigenvalue weighted by molar-refractivity contribution is -0.137. The minimum atomic E-state index is -4.39. The molecule has 0 saturated carbocycles. The summed E-state index contributed by atoms with van der Waals surface area (Å²) in [6.45, 7) is 0.132. The number of amides is 1. The zero-order valence-corrected chi connectivity index (χ0v) is 13.3. The number of carbonyl (C=O) groups excluding carboxylic acids is 1. The Bertz CT molecular complexity index is 713. The Labute approximate surface area is 138 Å². The van der Waals surface area contributed by atoms with Crippen molar-refractivity contribution < 1.29 is 18.0 Å². The molecule has 0 unspecified atom stereocenters. The average Bonchev–Trinajstić information content (AvgIpc) is 2.53. The topological polar surface area (TPSA) is 46.3 Å². The summed E-state index contributed by atoms with van der Waals surface area (Å²) in [6, 6.07) is 12.3. The monoisotopic (exact) mass is 336 g/mol. The molecule has 2 aromatic carbocycles. The summed E-state index contributed by atoms with van der Waals surface area (Å²) in [4.78, 5) is 13.6. The van der Waals surface area contributed by atoms with Crippen molar-refractivity contribution in [2.24, 2.45) is 0 Å². The Morgan fingerprint density at radius 2 is 1.83 bits per heavy atom. The highest BCUT2D eigenvalue weighted by molar-refractivity contribution is 5.76. The van der Waals surface area contributed by atoms with Crippen molar-refractivity contribution in [3.8, 4) is 0 Å². The maximum atomic E-state index is 12.7. The third-order valence-corrected chi connectivity index (χ3v) is 3.76. The molecule has 0 spiro atoms. The highest BCUT2D eigenvalue weighted by Crippen LogP contribution is 2.29. The summed E-state index contributed by atoms with van der Waals surface area (Å²) in [6.07, 6.45) is -3.63. The number of aryl methyl sites for hydroxylation is 1. The molecular weight excluding hydrogens is 317 g/mol. The van der Waals surface area contributed by atoms with Crippen LogP contribution < -0.4 is 5.73 Å². The van der Waals surface area contributed by atoms with Crippen LogP contribution in [0.25, 0.3) is 0 Å². The maximum absolute atomic E-state index is 12.7. The van der Waals surface area contributed by atoms with Gasteiger partial charge in [-0.3, -0.25) is 4.79 Å². The van der Waals surface area contributed by atoms with E-state index in [0.29, 0.717) is 17.7 Å². The van der Waals surface area contributed by atoms with Gasteiger partial charge in [0.2, 0.25) is 5.91 Å². The van der Waals surface area contributed by atoms with E-state index < -0.39 is 11.7 Å². The predicted molar refractivity (Wildman–Crippen MR) is 87.1 cm³/mol. The Kier molecular flexibility index (Phi) is 5.49. The van der Waals surface area contributed by atoms with Gasteiger partial charge in [0, 0.05) is 25.7 Å². The quantitative estimate of drug-likeness (QED) is 0.842. The molecule has 1 amide bonds. The maximum Gasteiger partial charge on any atom is 0.416 e. The molecule has 0 heterocycles. The molecule has 0 aliphatic rings. The van der Waals surface area contributed by atoms with Gasteiger partial charge in [-0.2, -0.15) is 13.2 Å². The van der Waals surface area contributed by atoms with E-state index in [4.69, 9.17) is 5.73 Å². The summed E-state index contributed by atoms with van der Waals surface area (Å²) < 4.78 is 38.2. The number of hydrogen-bond acceptors (Lipinski definition) is 2. The molecule has 0 aromatic heterocycles. The Balaban J connectivity index is 1.96. The first-order valence-electron chi connectivity index (χ1n) is 7.51. The molecular formula is C18H19F3N2O. The molecule has 0 aliphatic carbocycles. The number of para-hydroxylation sites is 1. The van der Waals surface area contributed by atoms with Crippen LogP contribution in [-0.4, -0.2) is 17.9 Å². The average molecular weight is 336 g/mol. The molecule has 0 bridgehead atoms. The van der Waals surface area contributed by atoms with E-state index in [0.717, 1.165) is 17.7 Å². The number of alkyl halides is 3. The SMILES string of the molecule is CN(Cc1cccc(C(F)(F)F)c1)C(=O)CCc1ccccc1N. The van der Waals surface area contributed by atoms with Crippen LogP contribution in [-0.2, 0) is 23.9 Å². The standard InChI is InChI=1S/C18H19F3N2O/c1-23(12-13-5-4-7-15(11-13)18(19,20)21)17(24)10-9-14-6-2-3-8-16(14)22/h2-8,11H,9-10,12,22H2,1H3. The van der Waals surface area contributed by atoms with Gasteiger partial charge in [-0.05, 0) is 35.7 Å². The lowest BCUT2D eigenvalue weighted by Gasteiger charge is -2.18. The highest BCUT2D eigenvalue weighted by Gasteiger charge is 2.30. The summed E-state index contributed by atoms with van der Waals surface area (Å²) in [7, 11) is 1.58. The zero-order chi connectivity index (χ0) is 17.7. The minimum absolute atomic E-state index is 0.132. The van der Waals surface area contributed by atoms with Crippen LogP contribution in [0.15, 0.2) is 48.5 Å². The van der Waals surface area contributed by atoms with Gasteiger partial charge >= 0.3 is 6.18 Å². The molecule has 3 nitrogen and oxygen atoms in total. The highest BCUT2D eigenvalue weighted by atomic mass is 19.4. The van der Waals surface area contributed by atoms with Gasteiger partial charge in [0.05, 0.1) is 5.56 Å². The number of rotatable bonds is 5. The number of anilines is 1. The molecule has 128 valence electrons. The molecule has 0 saturated heterocycles. The van der Waals surface area contributed by atoms with Crippen LogP contribution in [0.2, 0.25) is 0 Å². The lowest BCUT2D eigenvalue weighted by Crippen LogP contribution is -2.26. The number of benzene rings is 2. The summed E-state index contributed by atoms with van der Waals surface area (Å²) in [5.41, 5.74) is 7.08. The first-order chi connectivity index (χ1) is 11.3. The molecule has 2 aromatic rings. The van der Waals surface area contributed by atoms with E-state index in [9.17, 15) is 18.0 Å². The molecule has 6 heteroatoms. The normalized spacial score (nSPS) is 11.3. The first-order valence-corrected chi connectivity index (χ1v) is 7.51. The summed E-state index contributed by atoms with van der Waals surface area (Å²) in [5, 5.41) is 0. The largest absolute Gasteiger partial charge is 0.416 e. The molecule has 0 radical (unpaired) electrons. The van der Waals surface area contributed by atoms with Crippen LogP contribution in [0.5, 0.6) is 0 Å². The fourth-order valence-corrected chi connectivity index (χ4v) is 2.40. The van der Waals surface area contributed by atoms with Crippen molar-refractivity contribution in [2.75, 3.05) is 12.8 Å². The molecule has 0 fully saturated rings. The number of hydrogen-bond donors (Lipinski definition) is 1. The van der Waals surface area contributed by atoms with Crippen LogP contribution in [0.4, 0.5) is 18.9 Å². The van der Waals surface area contributed by atoms with Crippen molar-refractivity contribution in [3.05, 3.63) is 65.2 Å². The third kappa shape index (κ3) is 4.75. The van der Waals surface area contributed by atoms with E-state index in [1.165, 1.54) is 11.0 Å². The van der Waals surface area contributed by atoms with Gasteiger partial charge in [-0.15, -0.1) is 0 Å². The van der Waals surface area contributed by atoms with Crippen molar-refractivity contribution in [1.82, 2.24) is 4.90 Å². The second-order valence-corrected chi connectivity index (χ2v) is 5.65. The van der Waals surface area contributed by atoms with Crippen molar-refractivity contribution in [2.45, 2.75) is 25.6 Å². The molecule has 0 atom stereocenters. The number of carbonyl (C=O) groups is 1. The Hall–Kier alpha value is -2.50. The van der Waals surface area contributed by atoms with Crippen LogP contribution in [0.1, 0.15) is 23.1 Å². The summed E-state index contributed by atoms with van der Waals surface area (Å²) in [5.74, 6) is -0.143. The number of halogens is 3. The third-order valence-electron chi connectivity index (χ3n) is 3.76. The fraction of sp³-hybridized carbons (Fsp3) is 0.278. The first kappa shape index (κ1) is 17.8. The van der Waals surface area contributed by atoms with Gasteiger partial charge in [0.15, 0.2) is 0 Å². The van der Waals surface area contributed by atoms with Gasteiger partial charge < -0.3 is 10.6 Å². The fourth-order valence-electron chi connectivity index (χ4n) is 2.40. The number of nitrogen functional groups attached to an aromatic ring is 1. The van der Waals surface area contributed by atoms with E-state index in [1.807, 2.05) is 18.2 Å². The molecule has 2 N–H and O–H groups in total. The summed E-state index contributed by atoms with van der Waals surface area (Å²) >= 11 is 0. The van der Waals surface area contributed by atoms with Crippen LogP contribution in [0, 0.1) is 0 Å².